The number of thioether (sulfide) groups is 1. The third-order valence-electron chi connectivity index (χ3n) is 3.70. The topological polar surface area (TPSA) is 107 Å². The monoisotopic (exact) mass is 411 g/mol. The second kappa shape index (κ2) is 9.65. The lowest BCUT2D eigenvalue weighted by molar-refractivity contribution is -0.144. The van der Waals surface area contributed by atoms with Gasteiger partial charge in [-0.2, -0.15) is 0 Å². The third-order valence-corrected chi connectivity index (χ3v) is 4.57. The number of anilines is 1. The number of aromatic nitrogens is 2. The molecule has 8 nitrogen and oxygen atoms in total. The van der Waals surface area contributed by atoms with Crippen molar-refractivity contribution in [2.24, 2.45) is 0 Å². The van der Waals surface area contributed by atoms with E-state index < -0.39 is 24.5 Å². The number of para-hydroxylation sites is 2. The van der Waals surface area contributed by atoms with Gasteiger partial charge in [0.25, 0.3) is 5.91 Å². The van der Waals surface area contributed by atoms with E-state index in [0.29, 0.717) is 16.3 Å². The first-order valence-electron chi connectivity index (χ1n) is 8.53. The molecule has 1 amide bonds. The van der Waals surface area contributed by atoms with Crippen molar-refractivity contribution in [2.75, 3.05) is 24.8 Å². The van der Waals surface area contributed by atoms with E-state index in [1.807, 2.05) is 24.3 Å². The van der Waals surface area contributed by atoms with E-state index in [1.165, 1.54) is 24.9 Å². The number of amides is 1. The van der Waals surface area contributed by atoms with Gasteiger partial charge >= 0.3 is 11.9 Å². The van der Waals surface area contributed by atoms with Crippen molar-refractivity contribution in [3.8, 4) is 0 Å². The maximum Gasteiger partial charge on any atom is 0.337 e. The predicted molar refractivity (Wildman–Crippen MR) is 108 cm³/mol. The van der Waals surface area contributed by atoms with Crippen LogP contribution in [-0.4, -0.2) is 47.3 Å². The molecule has 0 saturated heterocycles. The highest BCUT2D eigenvalue weighted by molar-refractivity contribution is 7.99. The molecule has 9 heteroatoms. The molecule has 0 aliphatic carbocycles. The molecule has 1 N–H and O–H groups in total. The van der Waals surface area contributed by atoms with Gasteiger partial charge in [0.2, 0.25) is 0 Å². The molecule has 0 radical (unpaired) electrons. The van der Waals surface area contributed by atoms with Crippen molar-refractivity contribution >= 4 is 46.3 Å². The summed E-state index contributed by atoms with van der Waals surface area (Å²) in [6, 6.07) is 13.7. The number of nitrogens with zero attached hydrogens (tertiary/aromatic N) is 2. The largest absolute Gasteiger partial charge is 0.465 e. The summed E-state index contributed by atoms with van der Waals surface area (Å²) >= 11 is 1.18. The van der Waals surface area contributed by atoms with E-state index in [0.717, 1.165) is 11.0 Å². The molecule has 0 aliphatic heterocycles. The summed E-state index contributed by atoms with van der Waals surface area (Å²) in [6.07, 6.45) is 1.58. The van der Waals surface area contributed by atoms with Crippen molar-refractivity contribution in [2.45, 2.75) is 5.03 Å². The number of carbonyl (C=O) groups excluding carboxylic acids is 3. The van der Waals surface area contributed by atoms with Gasteiger partial charge in [0.05, 0.1) is 35.7 Å². The van der Waals surface area contributed by atoms with Gasteiger partial charge in [-0.3, -0.25) is 14.6 Å². The number of rotatable bonds is 7. The fourth-order valence-electron chi connectivity index (χ4n) is 2.37. The molecule has 0 atom stereocenters. The van der Waals surface area contributed by atoms with Crippen molar-refractivity contribution < 1.29 is 23.9 Å². The molecule has 3 rings (SSSR count). The highest BCUT2D eigenvalue weighted by Crippen LogP contribution is 2.18. The van der Waals surface area contributed by atoms with Crippen LogP contribution in [0.15, 0.2) is 59.8 Å². The Kier molecular flexibility index (Phi) is 6.75. The fourth-order valence-corrected chi connectivity index (χ4v) is 3.01. The standard InChI is InChI=1S/C20H17N3O5S/c1-27-20(26)13-5-4-6-14(9-13)22-17(24)11-28-19(25)12-29-18-10-21-15-7-2-3-8-16(15)23-18/h2-10H,11-12H2,1H3,(H,22,24). The Morgan fingerprint density at radius 3 is 2.66 bits per heavy atom. The minimum atomic E-state index is -0.552. The molecular weight excluding hydrogens is 394 g/mol. The van der Waals surface area contributed by atoms with E-state index in [2.05, 4.69) is 20.0 Å². The molecule has 0 unspecified atom stereocenters. The first-order chi connectivity index (χ1) is 14.0. The molecule has 2 aromatic carbocycles. The Labute approximate surface area is 170 Å². The number of nitrogens with one attached hydrogen (secondary N) is 1. The SMILES string of the molecule is COC(=O)c1cccc(NC(=O)COC(=O)CSc2cnc3ccccc3n2)c1. The molecule has 148 valence electrons. The number of fused-ring (bicyclic) bond motifs is 1. The van der Waals surface area contributed by atoms with Crippen molar-refractivity contribution in [1.82, 2.24) is 9.97 Å². The third kappa shape index (κ3) is 5.76. The lowest BCUT2D eigenvalue weighted by Crippen LogP contribution is -2.21. The Bertz CT molecular complexity index is 1060. The second-order valence-electron chi connectivity index (χ2n) is 5.77. The second-order valence-corrected chi connectivity index (χ2v) is 6.76. The normalized spacial score (nSPS) is 10.4. The lowest BCUT2D eigenvalue weighted by atomic mass is 10.2. The number of esters is 2. The van der Waals surface area contributed by atoms with Gasteiger partial charge in [0, 0.05) is 5.69 Å². The van der Waals surface area contributed by atoms with Crippen LogP contribution in [-0.2, 0) is 19.1 Å². The number of methoxy groups -OCH3 is 1. The Morgan fingerprint density at radius 2 is 1.86 bits per heavy atom. The van der Waals surface area contributed by atoms with Gasteiger partial charge in [-0.05, 0) is 30.3 Å². The molecular formula is C20H17N3O5S. The average molecular weight is 411 g/mol. The zero-order valence-electron chi connectivity index (χ0n) is 15.5. The summed E-state index contributed by atoms with van der Waals surface area (Å²) in [5.41, 5.74) is 2.21. The summed E-state index contributed by atoms with van der Waals surface area (Å²) in [5, 5.41) is 3.15. The average Bonchev–Trinajstić information content (AvgIpc) is 2.75. The van der Waals surface area contributed by atoms with Crippen LogP contribution in [0.2, 0.25) is 0 Å². The molecule has 1 heterocycles. The Morgan fingerprint density at radius 1 is 1.07 bits per heavy atom. The smallest absolute Gasteiger partial charge is 0.337 e. The maximum absolute atomic E-state index is 12.0. The summed E-state index contributed by atoms with van der Waals surface area (Å²) in [5.74, 6) is -1.58. The lowest BCUT2D eigenvalue weighted by Gasteiger charge is -2.08. The molecule has 0 spiro atoms. The Hall–Kier alpha value is -3.46. The van der Waals surface area contributed by atoms with Crippen molar-refractivity contribution in [1.29, 1.82) is 0 Å². The number of hydrogen-bond acceptors (Lipinski definition) is 8. The van der Waals surface area contributed by atoms with Crippen LogP contribution >= 0.6 is 11.8 Å². The van der Waals surface area contributed by atoms with Gasteiger partial charge in [0.1, 0.15) is 5.03 Å². The molecule has 0 saturated carbocycles. The summed E-state index contributed by atoms with van der Waals surface area (Å²) < 4.78 is 9.60. The molecule has 29 heavy (non-hydrogen) atoms. The quantitative estimate of drug-likeness (QED) is 0.467. The van der Waals surface area contributed by atoms with Crippen LogP contribution < -0.4 is 5.32 Å². The summed E-state index contributed by atoms with van der Waals surface area (Å²) in [7, 11) is 1.27. The van der Waals surface area contributed by atoms with Crippen LogP contribution in [0.4, 0.5) is 5.69 Å². The molecule has 0 aliphatic rings. The predicted octanol–water partition coefficient (Wildman–Crippen LogP) is 2.69. The van der Waals surface area contributed by atoms with Crippen LogP contribution in [0.5, 0.6) is 0 Å². The highest BCUT2D eigenvalue weighted by Gasteiger charge is 2.11. The van der Waals surface area contributed by atoms with Crippen LogP contribution in [0.3, 0.4) is 0 Å². The molecule has 1 aromatic heterocycles. The van der Waals surface area contributed by atoms with Gasteiger partial charge in [-0.15, -0.1) is 0 Å². The van der Waals surface area contributed by atoms with E-state index in [-0.39, 0.29) is 5.75 Å². The minimum absolute atomic E-state index is 0.00186. The van der Waals surface area contributed by atoms with E-state index in [9.17, 15) is 14.4 Å². The van der Waals surface area contributed by atoms with Crippen LogP contribution in [0, 0.1) is 0 Å². The highest BCUT2D eigenvalue weighted by atomic mass is 32.2. The van der Waals surface area contributed by atoms with Gasteiger partial charge in [-0.25, -0.2) is 9.78 Å². The number of carbonyl (C=O) groups is 3. The van der Waals surface area contributed by atoms with Gasteiger partial charge in [0.15, 0.2) is 6.61 Å². The fraction of sp³-hybridized carbons (Fsp3) is 0.150. The first kappa shape index (κ1) is 20.3. The number of benzene rings is 2. The zero-order chi connectivity index (χ0) is 20.6. The Balaban J connectivity index is 1.46. The molecule has 3 aromatic rings. The van der Waals surface area contributed by atoms with E-state index in [1.54, 1.807) is 24.4 Å². The number of hydrogen-bond donors (Lipinski definition) is 1. The van der Waals surface area contributed by atoms with E-state index in [4.69, 9.17) is 4.74 Å². The van der Waals surface area contributed by atoms with Crippen LogP contribution in [0.25, 0.3) is 11.0 Å². The molecule has 0 fully saturated rings. The first-order valence-corrected chi connectivity index (χ1v) is 9.52. The van der Waals surface area contributed by atoms with Crippen molar-refractivity contribution in [3.63, 3.8) is 0 Å². The van der Waals surface area contributed by atoms with Crippen molar-refractivity contribution in [3.05, 3.63) is 60.3 Å². The van der Waals surface area contributed by atoms with Gasteiger partial charge < -0.3 is 14.8 Å². The van der Waals surface area contributed by atoms with E-state index >= 15 is 0 Å². The summed E-state index contributed by atoms with van der Waals surface area (Å²) in [4.78, 5) is 44.0. The number of ether oxygens (including phenoxy) is 2. The zero-order valence-corrected chi connectivity index (χ0v) is 16.3. The minimum Gasteiger partial charge on any atom is -0.465 e. The maximum atomic E-state index is 12.0. The van der Waals surface area contributed by atoms with Gasteiger partial charge in [-0.1, -0.05) is 30.0 Å². The molecule has 0 bridgehead atoms. The van der Waals surface area contributed by atoms with Crippen LogP contribution in [0.1, 0.15) is 10.4 Å². The summed E-state index contributed by atoms with van der Waals surface area (Å²) in [6.45, 7) is -0.439.